The zero-order valence-corrected chi connectivity index (χ0v) is 16.9. The van der Waals surface area contributed by atoms with Crippen molar-refractivity contribution in [2.75, 3.05) is 11.1 Å². The van der Waals surface area contributed by atoms with Crippen molar-refractivity contribution in [2.45, 2.75) is 37.9 Å². The number of nitriles is 1. The third-order valence-electron chi connectivity index (χ3n) is 5.30. The molecule has 0 spiro atoms. The predicted octanol–water partition coefficient (Wildman–Crippen LogP) is 2.06. The molecule has 1 heterocycles. The van der Waals surface area contributed by atoms with Crippen LogP contribution in [0.15, 0.2) is 30.3 Å². The number of pyridine rings is 1. The average Bonchev–Trinajstić information content (AvgIpc) is 2.78. The monoisotopic (exact) mass is 444 g/mol. The maximum atomic E-state index is 12.9. The van der Waals surface area contributed by atoms with Gasteiger partial charge in [-0.3, -0.25) is 4.79 Å². The molecule has 1 saturated carbocycles. The largest absolute Gasteiger partial charge is 0.433 e. The lowest BCUT2D eigenvalue weighted by Crippen LogP contribution is -2.77. The van der Waals surface area contributed by atoms with Gasteiger partial charge in [-0.1, -0.05) is 6.07 Å². The van der Waals surface area contributed by atoms with E-state index >= 15 is 0 Å². The summed E-state index contributed by atoms with van der Waals surface area (Å²) in [7, 11) is 0. The number of carbonyl (C=O) groups excluding carboxylic acids is 2. The molecule has 0 bridgehead atoms. The highest BCUT2D eigenvalue weighted by Gasteiger charge is 2.33. The van der Waals surface area contributed by atoms with Gasteiger partial charge < -0.3 is 15.8 Å². The lowest BCUT2D eigenvalue weighted by atomic mass is 9.87. The Morgan fingerprint density at radius 3 is 2.59 bits per heavy atom. The number of anilines is 2. The van der Waals surface area contributed by atoms with E-state index in [1.54, 1.807) is 6.21 Å². The van der Waals surface area contributed by atoms with Crippen molar-refractivity contribution in [2.24, 2.45) is 5.92 Å². The van der Waals surface area contributed by atoms with Crippen LogP contribution in [0.3, 0.4) is 0 Å². The number of hydrogen-bond donors (Lipinski definition) is 3. The smallest absolute Gasteiger partial charge is 0.398 e. The van der Waals surface area contributed by atoms with Crippen LogP contribution in [0.2, 0.25) is 0 Å². The van der Waals surface area contributed by atoms with E-state index < -0.39 is 23.5 Å². The number of amides is 1. The fraction of sp³-hybridized carbons (Fsp3) is 0.318. The quantitative estimate of drug-likeness (QED) is 0.370. The standard InChI is InChI=1S/C22H20F3N5O2/c23-22(24,25)20-3-1-2-18(29-20)21(32)30-19-9-15(17(27)8-14(19)10-26)11-28-16-6-4-13(12-31)5-7-16/h1-3,8-9,11-13,16H,4-7,27H2,(H,30,32)/p+1. The molecule has 0 saturated heterocycles. The van der Waals surface area contributed by atoms with Crippen LogP contribution in [-0.2, 0) is 11.0 Å². The highest BCUT2D eigenvalue weighted by atomic mass is 19.4. The Balaban J connectivity index is 1.81. The zero-order valence-electron chi connectivity index (χ0n) is 16.9. The van der Waals surface area contributed by atoms with E-state index in [1.807, 2.05) is 6.07 Å². The number of nitrogens with two attached hydrogens (primary N) is 1. The summed E-state index contributed by atoms with van der Waals surface area (Å²) in [5.74, 6) is -0.803. The number of nitrogens with zero attached hydrogens (tertiary/aromatic N) is 2. The van der Waals surface area contributed by atoms with Crippen LogP contribution in [0.4, 0.5) is 24.5 Å². The number of nitrogen functional groups attached to an aromatic ring is 1. The fourth-order valence-corrected chi connectivity index (χ4v) is 3.49. The number of aromatic nitrogens is 1. The number of hydrogen-bond acceptors (Lipinski definition) is 5. The number of alkyl halides is 3. The van der Waals surface area contributed by atoms with Gasteiger partial charge in [0, 0.05) is 24.4 Å². The van der Waals surface area contributed by atoms with Crippen molar-refractivity contribution in [1.29, 1.82) is 5.26 Å². The zero-order chi connectivity index (χ0) is 23.3. The lowest BCUT2D eigenvalue weighted by Gasteiger charge is -2.18. The fourth-order valence-electron chi connectivity index (χ4n) is 3.49. The van der Waals surface area contributed by atoms with E-state index in [0.29, 0.717) is 11.3 Å². The van der Waals surface area contributed by atoms with Gasteiger partial charge in [-0.05, 0) is 37.1 Å². The first-order chi connectivity index (χ1) is 15.2. The van der Waals surface area contributed by atoms with E-state index in [4.69, 9.17) is 5.73 Å². The topological polar surface area (TPSA) is 123 Å². The number of halogens is 3. The first-order valence-electron chi connectivity index (χ1n) is 9.95. The summed E-state index contributed by atoms with van der Waals surface area (Å²) >= 11 is 0. The Bertz CT molecular complexity index is 1080. The van der Waals surface area contributed by atoms with Crippen molar-refractivity contribution in [3.05, 3.63) is 52.8 Å². The molecule has 1 amide bonds. The van der Waals surface area contributed by atoms with E-state index in [0.717, 1.165) is 50.2 Å². The second-order valence-corrected chi connectivity index (χ2v) is 7.56. The van der Waals surface area contributed by atoms with Crippen LogP contribution in [-0.4, -0.2) is 29.4 Å². The molecular weight excluding hydrogens is 423 g/mol. The van der Waals surface area contributed by atoms with Gasteiger partial charge in [-0.15, -0.1) is 0 Å². The third kappa shape index (κ3) is 5.49. The van der Waals surface area contributed by atoms with Gasteiger partial charge in [-0.2, -0.15) is 18.4 Å². The van der Waals surface area contributed by atoms with Gasteiger partial charge in [-0.25, -0.2) is 9.98 Å². The molecule has 0 radical (unpaired) electrons. The molecule has 10 heteroatoms. The Morgan fingerprint density at radius 2 is 1.97 bits per heavy atom. The van der Waals surface area contributed by atoms with Crippen LogP contribution in [0.5, 0.6) is 0 Å². The van der Waals surface area contributed by atoms with Crippen molar-refractivity contribution < 1.29 is 27.8 Å². The molecule has 0 unspecified atom stereocenters. The number of nitrogens with one attached hydrogen (secondary N) is 2. The first kappa shape index (κ1) is 22.9. The van der Waals surface area contributed by atoms with Gasteiger partial charge in [0.25, 0.3) is 5.91 Å². The average molecular weight is 444 g/mol. The lowest BCUT2D eigenvalue weighted by molar-refractivity contribution is -0.502. The number of rotatable bonds is 5. The van der Waals surface area contributed by atoms with Gasteiger partial charge in [0.2, 0.25) is 0 Å². The molecule has 166 valence electrons. The molecule has 3 rings (SSSR count). The van der Waals surface area contributed by atoms with E-state index in [1.165, 1.54) is 12.1 Å². The molecule has 2 aromatic rings. The van der Waals surface area contributed by atoms with Crippen molar-refractivity contribution in [3.8, 4) is 6.07 Å². The normalized spacial score (nSPS) is 18.8. The summed E-state index contributed by atoms with van der Waals surface area (Å²) in [6.07, 6.45) is 1.19. The van der Waals surface area contributed by atoms with E-state index in [9.17, 15) is 28.0 Å². The van der Waals surface area contributed by atoms with Crippen molar-refractivity contribution in [1.82, 2.24) is 4.98 Å². The van der Waals surface area contributed by atoms with Crippen LogP contribution in [0.25, 0.3) is 0 Å². The minimum atomic E-state index is -4.69. The predicted molar refractivity (Wildman–Crippen MR) is 111 cm³/mol. The van der Waals surface area contributed by atoms with Gasteiger partial charge in [0.15, 0.2) is 12.3 Å². The molecule has 1 fully saturated rings. The van der Waals surface area contributed by atoms with Crippen molar-refractivity contribution in [3.63, 3.8) is 0 Å². The summed E-state index contributed by atoms with van der Waals surface area (Å²) < 4.78 is 38.6. The van der Waals surface area contributed by atoms with Crippen LogP contribution in [0.1, 0.15) is 53.0 Å². The SMILES string of the molecule is N#Cc1cc(N)c(C=[NH+]C2CCC(C=O)CC2)cc1NC(=O)c1cccc(C(F)(F)F)n1. The highest BCUT2D eigenvalue weighted by molar-refractivity contribution is 6.04. The summed E-state index contributed by atoms with van der Waals surface area (Å²) in [4.78, 5) is 30.0. The van der Waals surface area contributed by atoms with Crippen LogP contribution < -0.4 is 16.0 Å². The maximum absolute atomic E-state index is 12.9. The molecule has 1 aromatic carbocycles. The summed E-state index contributed by atoms with van der Waals surface area (Å²) in [5.41, 5.74) is 5.36. The van der Waals surface area contributed by atoms with Crippen LogP contribution >= 0.6 is 0 Å². The molecule has 1 aliphatic rings. The minimum Gasteiger partial charge on any atom is -0.398 e. The molecule has 0 atom stereocenters. The maximum Gasteiger partial charge on any atom is 0.433 e. The molecule has 32 heavy (non-hydrogen) atoms. The van der Waals surface area contributed by atoms with Gasteiger partial charge in [0.05, 0.1) is 16.8 Å². The Labute approximate surface area is 182 Å². The summed E-state index contributed by atoms with van der Waals surface area (Å²) in [6, 6.07) is 7.93. The number of benzene rings is 1. The van der Waals surface area contributed by atoms with Crippen LogP contribution in [0, 0.1) is 17.2 Å². The molecule has 7 nitrogen and oxygen atoms in total. The second kappa shape index (κ2) is 9.60. The second-order valence-electron chi connectivity index (χ2n) is 7.56. The molecule has 1 aliphatic carbocycles. The molecule has 0 aliphatic heterocycles. The number of carbonyl (C=O) groups is 2. The molecule has 4 N–H and O–H groups in total. The first-order valence-corrected chi connectivity index (χ1v) is 9.95. The van der Waals surface area contributed by atoms with E-state index in [2.05, 4.69) is 15.3 Å². The van der Waals surface area contributed by atoms with Crippen molar-refractivity contribution >= 4 is 29.8 Å². The Hall–Kier alpha value is -3.74. The molecule has 1 aromatic heterocycles. The summed E-state index contributed by atoms with van der Waals surface area (Å²) in [6.45, 7) is 0. The molecular formula is C22H21F3N5O2+. The van der Waals surface area contributed by atoms with Gasteiger partial charge in [0.1, 0.15) is 23.7 Å². The third-order valence-corrected chi connectivity index (χ3v) is 5.30. The minimum absolute atomic E-state index is 0.0615. The summed E-state index contributed by atoms with van der Waals surface area (Å²) in [5, 5.41) is 11.8. The Kier molecular flexibility index (Phi) is 6.88. The highest BCUT2D eigenvalue weighted by Crippen LogP contribution is 2.28. The van der Waals surface area contributed by atoms with E-state index in [-0.39, 0.29) is 23.2 Å². The Morgan fingerprint density at radius 1 is 1.25 bits per heavy atom. The van der Waals surface area contributed by atoms with Gasteiger partial charge >= 0.3 is 6.18 Å². The number of aldehydes is 1.